The average molecular weight is 226 g/mol. The van der Waals surface area contributed by atoms with Gasteiger partial charge in [0.2, 0.25) is 0 Å². The fraction of sp³-hybridized carbons (Fsp3) is 0.167. The van der Waals surface area contributed by atoms with Crippen molar-refractivity contribution in [3.8, 4) is 17.5 Å². The minimum atomic E-state index is -0.244. The highest BCUT2D eigenvalue weighted by molar-refractivity contribution is 5.53. The maximum absolute atomic E-state index is 11.7. The Labute approximate surface area is 98.0 Å². The van der Waals surface area contributed by atoms with Crippen LogP contribution in [0.2, 0.25) is 0 Å². The van der Waals surface area contributed by atoms with Gasteiger partial charge in [-0.3, -0.25) is 9.78 Å². The van der Waals surface area contributed by atoms with E-state index >= 15 is 0 Å². The van der Waals surface area contributed by atoms with Gasteiger partial charge in [-0.05, 0) is 18.2 Å². The third-order valence-electron chi connectivity index (χ3n) is 2.33. The first-order chi connectivity index (χ1) is 8.22. The van der Waals surface area contributed by atoms with Gasteiger partial charge in [-0.15, -0.1) is 0 Å². The number of pyridine rings is 1. The molecule has 0 aliphatic rings. The average Bonchev–Trinajstić information content (AvgIpc) is 2.36. The van der Waals surface area contributed by atoms with E-state index in [4.69, 9.17) is 5.26 Å². The smallest absolute Gasteiger partial charge is 0.267 e. The van der Waals surface area contributed by atoms with E-state index in [0.29, 0.717) is 17.0 Å². The van der Waals surface area contributed by atoms with Crippen molar-refractivity contribution in [2.45, 2.75) is 6.42 Å². The summed E-state index contributed by atoms with van der Waals surface area (Å²) in [5, 5.41) is 12.8. The molecular weight excluding hydrogens is 216 g/mol. The lowest BCUT2D eigenvalue weighted by molar-refractivity contribution is 0.701. The second kappa shape index (κ2) is 4.58. The molecule has 2 rings (SSSR count). The molecule has 0 aromatic carbocycles. The van der Waals surface area contributed by atoms with Crippen molar-refractivity contribution >= 4 is 0 Å². The van der Waals surface area contributed by atoms with Crippen molar-refractivity contribution in [2.75, 3.05) is 0 Å². The largest absolute Gasteiger partial charge is 0.270 e. The number of nitriles is 1. The Kier molecular flexibility index (Phi) is 2.97. The minimum absolute atomic E-state index is 0.0784. The summed E-state index contributed by atoms with van der Waals surface area (Å²) < 4.78 is 1.23. The zero-order valence-electron chi connectivity index (χ0n) is 9.29. The molecule has 0 spiro atoms. The zero-order valence-corrected chi connectivity index (χ0v) is 9.29. The molecular formula is C12H10N4O. The van der Waals surface area contributed by atoms with Crippen LogP contribution in [0.5, 0.6) is 0 Å². The molecule has 2 aromatic rings. The molecule has 17 heavy (non-hydrogen) atoms. The highest BCUT2D eigenvalue weighted by atomic mass is 16.1. The monoisotopic (exact) mass is 226 g/mol. The lowest BCUT2D eigenvalue weighted by Crippen LogP contribution is -2.23. The first-order valence-electron chi connectivity index (χ1n) is 5.08. The Morgan fingerprint density at radius 2 is 2.24 bits per heavy atom. The predicted octanol–water partition coefficient (Wildman–Crippen LogP) is 0.908. The Bertz CT molecular complexity index is 625. The first kappa shape index (κ1) is 11.0. The highest BCUT2D eigenvalue weighted by Crippen LogP contribution is 2.12. The molecule has 0 saturated heterocycles. The van der Waals surface area contributed by atoms with Crippen LogP contribution in [0, 0.1) is 11.3 Å². The van der Waals surface area contributed by atoms with Crippen molar-refractivity contribution in [3.05, 3.63) is 46.4 Å². The van der Waals surface area contributed by atoms with E-state index in [0.717, 1.165) is 0 Å². The van der Waals surface area contributed by atoms with Gasteiger partial charge in [-0.2, -0.15) is 10.4 Å². The van der Waals surface area contributed by atoms with E-state index < -0.39 is 0 Å². The fourth-order valence-electron chi connectivity index (χ4n) is 1.52. The quantitative estimate of drug-likeness (QED) is 0.763. The number of aromatic nitrogens is 3. The maximum Gasteiger partial charge on any atom is 0.270 e. The lowest BCUT2D eigenvalue weighted by Gasteiger charge is -2.04. The first-order valence-corrected chi connectivity index (χ1v) is 5.08. The second-order valence-electron chi connectivity index (χ2n) is 3.53. The number of hydrogen-bond acceptors (Lipinski definition) is 4. The van der Waals surface area contributed by atoms with Crippen LogP contribution in [0.1, 0.15) is 5.56 Å². The molecule has 0 bridgehead atoms. The van der Waals surface area contributed by atoms with Crippen LogP contribution in [0.25, 0.3) is 11.4 Å². The minimum Gasteiger partial charge on any atom is -0.267 e. The van der Waals surface area contributed by atoms with Gasteiger partial charge < -0.3 is 0 Å². The van der Waals surface area contributed by atoms with Crippen molar-refractivity contribution in [2.24, 2.45) is 7.05 Å². The normalized spacial score (nSPS) is 9.88. The summed E-state index contributed by atoms with van der Waals surface area (Å²) in [7, 11) is 1.57. The number of hydrogen-bond donors (Lipinski definition) is 0. The van der Waals surface area contributed by atoms with Gasteiger partial charge in [0.15, 0.2) is 0 Å². The lowest BCUT2D eigenvalue weighted by atomic mass is 10.1. The summed E-state index contributed by atoms with van der Waals surface area (Å²) in [4.78, 5) is 15.8. The van der Waals surface area contributed by atoms with Gasteiger partial charge in [0.05, 0.1) is 18.2 Å². The molecule has 0 saturated carbocycles. The Morgan fingerprint density at radius 3 is 2.88 bits per heavy atom. The molecule has 0 atom stereocenters. The molecule has 0 N–H and O–H groups in total. The van der Waals surface area contributed by atoms with Crippen LogP contribution in [0.15, 0.2) is 35.3 Å². The van der Waals surface area contributed by atoms with Crippen molar-refractivity contribution in [3.63, 3.8) is 0 Å². The summed E-state index contributed by atoms with van der Waals surface area (Å²) in [5.74, 6) is 0. The molecule has 0 radical (unpaired) electrons. The van der Waals surface area contributed by atoms with E-state index in [-0.39, 0.29) is 12.0 Å². The summed E-state index contributed by atoms with van der Waals surface area (Å²) in [5.41, 5.74) is 1.47. The number of rotatable bonds is 2. The number of nitrogens with zero attached hydrogens (tertiary/aromatic N) is 4. The Balaban J connectivity index is 2.58. The fourth-order valence-corrected chi connectivity index (χ4v) is 1.52. The Hall–Kier alpha value is -2.48. The third kappa shape index (κ3) is 2.21. The van der Waals surface area contributed by atoms with Crippen molar-refractivity contribution < 1.29 is 0 Å². The van der Waals surface area contributed by atoms with Gasteiger partial charge in [-0.1, -0.05) is 6.07 Å². The molecule has 2 heterocycles. The number of aryl methyl sites for hydroxylation is 1. The molecule has 84 valence electrons. The molecule has 2 aromatic heterocycles. The summed E-state index contributed by atoms with van der Waals surface area (Å²) in [6.07, 6.45) is 1.74. The Morgan fingerprint density at radius 1 is 1.41 bits per heavy atom. The predicted molar refractivity (Wildman–Crippen MR) is 62.0 cm³/mol. The van der Waals surface area contributed by atoms with Gasteiger partial charge in [-0.25, -0.2) is 4.68 Å². The molecule has 0 aliphatic heterocycles. The van der Waals surface area contributed by atoms with Gasteiger partial charge in [0.1, 0.15) is 5.69 Å². The van der Waals surface area contributed by atoms with Gasteiger partial charge >= 0.3 is 0 Å². The highest BCUT2D eigenvalue weighted by Gasteiger charge is 2.08. The van der Waals surface area contributed by atoms with E-state index in [1.54, 1.807) is 19.3 Å². The molecule has 5 heteroatoms. The zero-order chi connectivity index (χ0) is 12.3. The van der Waals surface area contributed by atoms with E-state index in [1.807, 2.05) is 24.3 Å². The van der Waals surface area contributed by atoms with Gasteiger partial charge in [0, 0.05) is 18.8 Å². The van der Waals surface area contributed by atoms with Crippen LogP contribution >= 0.6 is 0 Å². The topological polar surface area (TPSA) is 71.6 Å². The molecule has 0 unspecified atom stereocenters. The maximum atomic E-state index is 11.7. The van der Waals surface area contributed by atoms with Crippen LogP contribution in [-0.2, 0) is 13.5 Å². The molecule has 0 fully saturated rings. The van der Waals surface area contributed by atoms with E-state index in [9.17, 15) is 4.79 Å². The second-order valence-corrected chi connectivity index (χ2v) is 3.53. The van der Waals surface area contributed by atoms with Crippen LogP contribution < -0.4 is 5.56 Å². The van der Waals surface area contributed by atoms with Crippen LogP contribution in [0.3, 0.4) is 0 Å². The SMILES string of the molecule is Cn1nc(-c2ccccn2)cc(CC#N)c1=O. The van der Waals surface area contributed by atoms with E-state index in [2.05, 4.69) is 10.1 Å². The summed E-state index contributed by atoms with van der Waals surface area (Å²) in [6.45, 7) is 0. The third-order valence-corrected chi connectivity index (χ3v) is 2.33. The molecule has 0 amide bonds. The van der Waals surface area contributed by atoms with Crippen LogP contribution in [-0.4, -0.2) is 14.8 Å². The van der Waals surface area contributed by atoms with Crippen molar-refractivity contribution in [1.82, 2.24) is 14.8 Å². The molecule has 0 aliphatic carbocycles. The van der Waals surface area contributed by atoms with Crippen molar-refractivity contribution in [1.29, 1.82) is 5.26 Å². The standard InChI is InChI=1S/C12H10N4O/c1-16-12(17)9(5-6-13)8-11(15-16)10-4-2-3-7-14-10/h2-4,7-8H,5H2,1H3. The van der Waals surface area contributed by atoms with E-state index in [1.165, 1.54) is 4.68 Å². The van der Waals surface area contributed by atoms with Crippen LogP contribution in [0.4, 0.5) is 0 Å². The summed E-state index contributed by atoms with van der Waals surface area (Å²) >= 11 is 0. The van der Waals surface area contributed by atoms with Gasteiger partial charge in [0.25, 0.3) is 5.56 Å². The summed E-state index contributed by atoms with van der Waals surface area (Å²) in [6, 6.07) is 9.05. The molecule has 5 nitrogen and oxygen atoms in total.